The van der Waals surface area contributed by atoms with Crippen molar-refractivity contribution in [3.63, 3.8) is 0 Å². The first-order valence-electron chi connectivity index (χ1n) is 6.89. The van der Waals surface area contributed by atoms with Gasteiger partial charge in [0.2, 0.25) is 0 Å². The zero-order valence-electron chi connectivity index (χ0n) is 12.1. The van der Waals surface area contributed by atoms with Crippen LogP contribution in [0.25, 0.3) is 0 Å². The number of benzene rings is 1. The Hall–Kier alpha value is -2.48. The van der Waals surface area contributed by atoms with E-state index in [0.29, 0.717) is 6.54 Å². The molecule has 0 radical (unpaired) electrons. The highest BCUT2D eigenvalue weighted by molar-refractivity contribution is 5.94. The van der Waals surface area contributed by atoms with Gasteiger partial charge in [-0.15, -0.1) is 12.3 Å². The molecule has 1 unspecified atom stereocenters. The lowest BCUT2D eigenvalue weighted by atomic mass is 10.2. The molecular formula is C16H20N2O3. The number of carboxylic acid groups (broad SMARTS) is 1. The minimum absolute atomic E-state index is 0.0442. The number of hydrogen-bond donors (Lipinski definition) is 2. The number of anilines is 1. The second-order valence-corrected chi connectivity index (χ2v) is 4.59. The molecule has 2 N–H and O–H groups in total. The van der Waals surface area contributed by atoms with Crippen LogP contribution in [0.5, 0.6) is 0 Å². The third-order valence-corrected chi connectivity index (χ3v) is 2.97. The summed E-state index contributed by atoms with van der Waals surface area (Å²) in [6.07, 6.45) is 6.85. The van der Waals surface area contributed by atoms with Gasteiger partial charge in [0, 0.05) is 18.7 Å². The van der Waals surface area contributed by atoms with E-state index in [-0.39, 0.29) is 6.42 Å². The predicted octanol–water partition coefficient (Wildman–Crippen LogP) is 2.48. The van der Waals surface area contributed by atoms with E-state index in [9.17, 15) is 9.59 Å². The van der Waals surface area contributed by atoms with Gasteiger partial charge in [0.25, 0.3) is 0 Å². The molecule has 0 aliphatic heterocycles. The van der Waals surface area contributed by atoms with Crippen molar-refractivity contribution in [1.82, 2.24) is 5.32 Å². The van der Waals surface area contributed by atoms with Crippen LogP contribution in [0.3, 0.4) is 0 Å². The van der Waals surface area contributed by atoms with Crippen LogP contribution in [0.1, 0.15) is 26.2 Å². The van der Waals surface area contributed by atoms with E-state index in [1.54, 1.807) is 0 Å². The Morgan fingerprint density at radius 2 is 2.05 bits per heavy atom. The molecule has 5 heteroatoms. The predicted molar refractivity (Wildman–Crippen MR) is 82.1 cm³/mol. The molecule has 0 aliphatic carbocycles. The van der Waals surface area contributed by atoms with Gasteiger partial charge < -0.3 is 10.4 Å². The summed E-state index contributed by atoms with van der Waals surface area (Å²) in [4.78, 5) is 24.9. The summed E-state index contributed by atoms with van der Waals surface area (Å²) in [6, 6.07) is 7.62. The zero-order valence-corrected chi connectivity index (χ0v) is 12.1. The molecule has 0 saturated carbocycles. The van der Waals surface area contributed by atoms with Crippen LogP contribution >= 0.6 is 0 Å². The summed E-state index contributed by atoms with van der Waals surface area (Å²) < 4.78 is 0. The van der Waals surface area contributed by atoms with Gasteiger partial charge in [-0.05, 0) is 18.6 Å². The van der Waals surface area contributed by atoms with Crippen molar-refractivity contribution < 1.29 is 14.7 Å². The molecule has 0 bridgehead atoms. The molecule has 0 aromatic heterocycles. The van der Waals surface area contributed by atoms with E-state index in [1.807, 2.05) is 37.3 Å². The highest BCUT2D eigenvalue weighted by atomic mass is 16.4. The van der Waals surface area contributed by atoms with Crippen LogP contribution in [-0.4, -0.2) is 29.7 Å². The second kappa shape index (κ2) is 8.64. The van der Waals surface area contributed by atoms with Crippen molar-refractivity contribution in [2.75, 3.05) is 11.4 Å². The summed E-state index contributed by atoms with van der Waals surface area (Å²) in [5.74, 6) is 1.13. The highest BCUT2D eigenvalue weighted by Crippen LogP contribution is 2.14. The molecule has 1 atom stereocenters. The lowest BCUT2D eigenvalue weighted by Crippen LogP contribution is -2.48. The number of carbonyl (C=O) groups is 2. The maximum absolute atomic E-state index is 12.3. The fraction of sp³-hybridized carbons (Fsp3) is 0.375. The van der Waals surface area contributed by atoms with Crippen molar-refractivity contribution in [3.05, 3.63) is 30.3 Å². The van der Waals surface area contributed by atoms with Crippen LogP contribution in [-0.2, 0) is 4.79 Å². The monoisotopic (exact) mass is 288 g/mol. The van der Waals surface area contributed by atoms with E-state index in [1.165, 1.54) is 4.90 Å². The van der Waals surface area contributed by atoms with E-state index in [2.05, 4.69) is 11.2 Å². The maximum Gasteiger partial charge on any atom is 0.327 e. The molecule has 0 aliphatic rings. The molecule has 0 fully saturated rings. The number of unbranched alkanes of at least 4 members (excludes halogenated alkanes) is 1. The first-order chi connectivity index (χ1) is 10.1. The second-order valence-electron chi connectivity index (χ2n) is 4.59. The van der Waals surface area contributed by atoms with Crippen molar-refractivity contribution in [3.8, 4) is 12.3 Å². The molecular weight excluding hydrogens is 268 g/mol. The van der Waals surface area contributed by atoms with Gasteiger partial charge in [0.05, 0.1) is 0 Å². The molecule has 2 amide bonds. The summed E-state index contributed by atoms with van der Waals surface area (Å²) in [7, 11) is 0. The third kappa shape index (κ3) is 5.19. The fourth-order valence-electron chi connectivity index (χ4n) is 1.82. The molecule has 0 saturated heterocycles. The Bertz CT molecular complexity index is 508. The van der Waals surface area contributed by atoms with Gasteiger partial charge >= 0.3 is 12.0 Å². The van der Waals surface area contributed by atoms with Crippen LogP contribution in [0.15, 0.2) is 30.3 Å². The lowest BCUT2D eigenvalue weighted by molar-refractivity contribution is -0.139. The number of carbonyl (C=O) groups excluding carboxylic acids is 1. The Morgan fingerprint density at radius 3 is 2.57 bits per heavy atom. The molecule has 21 heavy (non-hydrogen) atoms. The van der Waals surface area contributed by atoms with Gasteiger partial charge in [0.15, 0.2) is 0 Å². The largest absolute Gasteiger partial charge is 0.480 e. The van der Waals surface area contributed by atoms with Crippen molar-refractivity contribution in [2.24, 2.45) is 0 Å². The number of nitrogens with one attached hydrogen (secondary N) is 1. The Balaban J connectivity index is 2.85. The SMILES string of the molecule is C#CCC(NC(=O)N(CCCC)c1ccccc1)C(=O)O. The maximum atomic E-state index is 12.3. The summed E-state index contributed by atoms with van der Waals surface area (Å²) >= 11 is 0. The first kappa shape index (κ1) is 16.6. The molecule has 0 spiro atoms. The van der Waals surface area contributed by atoms with E-state index < -0.39 is 18.0 Å². The highest BCUT2D eigenvalue weighted by Gasteiger charge is 2.23. The van der Waals surface area contributed by atoms with Gasteiger partial charge in [-0.2, -0.15) is 0 Å². The molecule has 5 nitrogen and oxygen atoms in total. The average Bonchev–Trinajstić information content (AvgIpc) is 2.48. The van der Waals surface area contributed by atoms with Gasteiger partial charge in [-0.25, -0.2) is 9.59 Å². The first-order valence-corrected chi connectivity index (χ1v) is 6.89. The number of hydrogen-bond acceptors (Lipinski definition) is 2. The number of aliphatic carboxylic acids is 1. The number of para-hydroxylation sites is 1. The summed E-state index contributed by atoms with van der Waals surface area (Å²) in [6.45, 7) is 2.55. The molecule has 1 rings (SSSR count). The topological polar surface area (TPSA) is 69.6 Å². The molecule has 1 aromatic carbocycles. The van der Waals surface area contributed by atoms with Crippen LogP contribution in [0.2, 0.25) is 0 Å². The summed E-state index contributed by atoms with van der Waals surface area (Å²) in [5, 5.41) is 11.5. The summed E-state index contributed by atoms with van der Waals surface area (Å²) in [5.41, 5.74) is 0.730. The van der Waals surface area contributed by atoms with Crippen molar-refractivity contribution >= 4 is 17.7 Å². The van der Waals surface area contributed by atoms with Crippen molar-refractivity contribution in [1.29, 1.82) is 0 Å². The van der Waals surface area contributed by atoms with E-state index in [4.69, 9.17) is 11.5 Å². The number of carboxylic acids is 1. The fourth-order valence-corrected chi connectivity index (χ4v) is 1.82. The minimum atomic E-state index is -1.13. The average molecular weight is 288 g/mol. The van der Waals surface area contributed by atoms with E-state index in [0.717, 1.165) is 18.5 Å². The molecule has 1 aromatic rings. The molecule has 112 valence electrons. The number of urea groups is 1. The van der Waals surface area contributed by atoms with Gasteiger partial charge in [-0.3, -0.25) is 4.90 Å². The Labute approximate surface area is 125 Å². The van der Waals surface area contributed by atoms with Crippen LogP contribution < -0.4 is 10.2 Å². The number of amides is 2. The van der Waals surface area contributed by atoms with Gasteiger partial charge in [-0.1, -0.05) is 31.5 Å². The minimum Gasteiger partial charge on any atom is -0.480 e. The van der Waals surface area contributed by atoms with Crippen LogP contribution in [0, 0.1) is 12.3 Å². The zero-order chi connectivity index (χ0) is 15.7. The Morgan fingerprint density at radius 1 is 1.38 bits per heavy atom. The molecule has 0 heterocycles. The van der Waals surface area contributed by atoms with Gasteiger partial charge in [0.1, 0.15) is 6.04 Å². The smallest absolute Gasteiger partial charge is 0.327 e. The standard InChI is InChI=1S/C16H20N2O3/c1-3-5-12-18(13-10-7-6-8-11-13)16(21)17-14(9-4-2)15(19)20/h2,6-8,10-11,14H,3,5,9,12H2,1H3,(H,17,21)(H,19,20). The quantitative estimate of drug-likeness (QED) is 0.757. The number of rotatable bonds is 7. The third-order valence-electron chi connectivity index (χ3n) is 2.97. The van der Waals surface area contributed by atoms with Crippen LogP contribution in [0.4, 0.5) is 10.5 Å². The normalized spacial score (nSPS) is 11.2. The Kier molecular flexibility index (Phi) is 6.82. The lowest BCUT2D eigenvalue weighted by Gasteiger charge is -2.24. The van der Waals surface area contributed by atoms with E-state index >= 15 is 0 Å². The number of nitrogens with zero attached hydrogens (tertiary/aromatic N) is 1. The number of terminal acetylenes is 1. The van der Waals surface area contributed by atoms with Crippen molar-refractivity contribution in [2.45, 2.75) is 32.2 Å².